The molecule has 0 unspecified atom stereocenters. The second kappa shape index (κ2) is 9.00. The van der Waals surface area contributed by atoms with Crippen molar-refractivity contribution >= 4 is 17.6 Å². The maximum Gasteiger partial charge on any atom is 0.251 e. The minimum absolute atomic E-state index is 0.0309. The van der Waals surface area contributed by atoms with E-state index in [0.717, 1.165) is 55.5 Å². The van der Waals surface area contributed by atoms with Crippen LogP contribution in [0.15, 0.2) is 42.1 Å². The molecule has 2 N–H and O–H groups in total. The Kier molecular flexibility index (Phi) is 6.18. The lowest BCUT2D eigenvalue weighted by atomic mass is 9.87. The van der Waals surface area contributed by atoms with Gasteiger partial charge in [0.05, 0.1) is 23.7 Å². The maximum absolute atomic E-state index is 13.1. The minimum Gasteiger partial charge on any atom is -0.393 e. The quantitative estimate of drug-likeness (QED) is 0.773. The summed E-state index contributed by atoms with van der Waals surface area (Å²) < 4.78 is 1.93. The summed E-state index contributed by atoms with van der Waals surface area (Å²) in [6.07, 6.45) is 11.2. The molecule has 2 aromatic rings. The van der Waals surface area contributed by atoms with Crippen molar-refractivity contribution in [2.45, 2.75) is 58.5 Å². The van der Waals surface area contributed by atoms with E-state index in [4.69, 9.17) is 0 Å². The Balaban J connectivity index is 1.58. The van der Waals surface area contributed by atoms with Crippen LogP contribution in [0.3, 0.4) is 0 Å². The van der Waals surface area contributed by atoms with E-state index in [0.29, 0.717) is 18.0 Å². The highest BCUT2D eigenvalue weighted by Gasteiger charge is 2.24. The lowest BCUT2D eigenvalue weighted by molar-refractivity contribution is -0.115. The van der Waals surface area contributed by atoms with Crippen molar-refractivity contribution in [2.75, 3.05) is 6.54 Å². The Hall–Kier alpha value is -2.66. The number of amides is 1. The summed E-state index contributed by atoms with van der Waals surface area (Å²) in [6, 6.07) is 8.28. The standard InChI is InChI=1S/C25H31N3O2/c1-3-18-8-13-22(25(30)26-15-19-6-11-21(29)12-7-19)23-16-27-28(24(23)14-18)20-9-4-17(2)5-10-20/h4-5,9-10,13-14,16,19,21,29H,3,6-8,11-12,15H2,1-2H3,(H,26,30). The summed E-state index contributed by atoms with van der Waals surface area (Å²) >= 11 is 0. The van der Waals surface area contributed by atoms with Crippen LogP contribution in [-0.2, 0) is 4.79 Å². The second-order valence-corrected chi connectivity index (χ2v) is 8.55. The molecular formula is C25H31N3O2. The van der Waals surface area contributed by atoms with Gasteiger partial charge < -0.3 is 10.4 Å². The summed E-state index contributed by atoms with van der Waals surface area (Å²) in [7, 11) is 0. The highest BCUT2D eigenvalue weighted by atomic mass is 16.3. The summed E-state index contributed by atoms with van der Waals surface area (Å²) in [5.74, 6) is 0.416. The van der Waals surface area contributed by atoms with Crippen LogP contribution in [0.1, 0.15) is 62.3 Å². The van der Waals surface area contributed by atoms with Crippen molar-refractivity contribution < 1.29 is 9.90 Å². The second-order valence-electron chi connectivity index (χ2n) is 8.55. The number of carbonyl (C=O) groups excluding carboxylic acids is 1. The van der Waals surface area contributed by atoms with Gasteiger partial charge in [-0.1, -0.05) is 36.3 Å². The zero-order chi connectivity index (χ0) is 21.1. The molecule has 4 rings (SSSR count). The first-order valence-electron chi connectivity index (χ1n) is 11.1. The van der Waals surface area contributed by atoms with Crippen LogP contribution in [0.25, 0.3) is 17.3 Å². The fraction of sp³-hybridized carbons (Fsp3) is 0.440. The van der Waals surface area contributed by atoms with E-state index in [2.05, 4.69) is 54.6 Å². The van der Waals surface area contributed by atoms with Gasteiger partial charge in [0.15, 0.2) is 0 Å². The van der Waals surface area contributed by atoms with Crippen molar-refractivity contribution in [3.63, 3.8) is 0 Å². The lowest BCUT2D eigenvalue weighted by Gasteiger charge is -2.25. The Morgan fingerprint density at radius 1 is 1.20 bits per heavy atom. The van der Waals surface area contributed by atoms with Crippen LogP contribution >= 0.6 is 0 Å². The third-order valence-electron chi connectivity index (χ3n) is 6.35. The predicted molar refractivity (Wildman–Crippen MR) is 120 cm³/mol. The molecule has 1 heterocycles. The Labute approximate surface area is 178 Å². The van der Waals surface area contributed by atoms with Gasteiger partial charge in [0.1, 0.15) is 0 Å². The fourth-order valence-electron chi connectivity index (χ4n) is 4.33. The molecule has 2 aliphatic rings. The molecule has 5 heteroatoms. The third kappa shape index (κ3) is 4.41. The largest absolute Gasteiger partial charge is 0.393 e. The number of carbonyl (C=O) groups is 1. The Morgan fingerprint density at radius 2 is 1.93 bits per heavy atom. The minimum atomic E-state index is -0.171. The van der Waals surface area contributed by atoms with Crippen LogP contribution in [0.5, 0.6) is 0 Å². The van der Waals surface area contributed by atoms with E-state index in [1.807, 2.05) is 17.0 Å². The van der Waals surface area contributed by atoms with E-state index in [1.165, 1.54) is 11.1 Å². The van der Waals surface area contributed by atoms with Gasteiger partial charge in [-0.2, -0.15) is 5.10 Å². The number of hydrogen-bond acceptors (Lipinski definition) is 3. The molecule has 1 aromatic heterocycles. The van der Waals surface area contributed by atoms with Crippen LogP contribution in [0.4, 0.5) is 0 Å². The molecule has 1 amide bonds. The molecule has 1 aromatic carbocycles. The highest BCUT2D eigenvalue weighted by Crippen LogP contribution is 2.31. The predicted octanol–water partition coefficient (Wildman–Crippen LogP) is 4.43. The molecule has 158 valence electrons. The van der Waals surface area contributed by atoms with Crippen molar-refractivity contribution in [1.29, 1.82) is 0 Å². The molecule has 5 nitrogen and oxygen atoms in total. The van der Waals surface area contributed by atoms with Crippen molar-refractivity contribution in [2.24, 2.45) is 5.92 Å². The van der Waals surface area contributed by atoms with E-state index < -0.39 is 0 Å². The number of nitrogens with zero attached hydrogens (tertiary/aromatic N) is 2. The molecule has 1 saturated carbocycles. The monoisotopic (exact) mass is 405 g/mol. The number of aryl methyl sites for hydroxylation is 1. The molecule has 0 aliphatic heterocycles. The molecule has 0 saturated heterocycles. The number of rotatable bonds is 5. The van der Waals surface area contributed by atoms with E-state index in [9.17, 15) is 9.90 Å². The van der Waals surface area contributed by atoms with E-state index >= 15 is 0 Å². The molecule has 2 aliphatic carbocycles. The average molecular weight is 406 g/mol. The summed E-state index contributed by atoms with van der Waals surface area (Å²) in [4.78, 5) is 13.1. The Bertz CT molecular complexity index is 961. The molecule has 1 fully saturated rings. The lowest BCUT2D eigenvalue weighted by Crippen LogP contribution is -2.32. The number of nitrogens with one attached hydrogen (secondary N) is 1. The van der Waals surface area contributed by atoms with Crippen LogP contribution in [0.2, 0.25) is 0 Å². The summed E-state index contributed by atoms with van der Waals surface area (Å²) in [5, 5.41) is 17.5. The summed E-state index contributed by atoms with van der Waals surface area (Å²) in [5.41, 5.74) is 6.05. The number of hydrogen-bond donors (Lipinski definition) is 2. The molecule has 0 spiro atoms. The topological polar surface area (TPSA) is 67.2 Å². The van der Waals surface area contributed by atoms with Gasteiger partial charge in [-0.15, -0.1) is 0 Å². The zero-order valence-corrected chi connectivity index (χ0v) is 17.9. The van der Waals surface area contributed by atoms with Crippen LogP contribution in [-0.4, -0.2) is 33.4 Å². The molecule has 30 heavy (non-hydrogen) atoms. The maximum atomic E-state index is 13.1. The first kappa shape index (κ1) is 20.6. The van der Waals surface area contributed by atoms with E-state index in [-0.39, 0.29) is 12.0 Å². The number of aromatic nitrogens is 2. The smallest absolute Gasteiger partial charge is 0.251 e. The van der Waals surface area contributed by atoms with Gasteiger partial charge in [-0.05, 0) is 69.6 Å². The van der Waals surface area contributed by atoms with Gasteiger partial charge in [0, 0.05) is 17.7 Å². The number of benzene rings is 1. The number of aliphatic hydroxyl groups excluding tert-OH is 1. The zero-order valence-electron chi connectivity index (χ0n) is 17.9. The third-order valence-corrected chi connectivity index (χ3v) is 6.35. The molecule has 0 bridgehead atoms. The average Bonchev–Trinajstić information content (AvgIpc) is 3.06. The first-order valence-corrected chi connectivity index (χ1v) is 11.1. The van der Waals surface area contributed by atoms with Crippen LogP contribution in [0, 0.1) is 12.8 Å². The number of allylic oxidation sites excluding steroid dienone is 2. The van der Waals surface area contributed by atoms with Gasteiger partial charge >= 0.3 is 0 Å². The van der Waals surface area contributed by atoms with Gasteiger partial charge in [0.25, 0.3) is 5.91 Å². The van der Waals surface area contributed by atoms with E-state index in [1.54, 1.807) is 0 Å². The SMILES string of the molecule is CCC1=Cc2c(cnn2-c2ccc(C)cc2)C(C(=O)NCC2CCC(O)CC2)=CC1. The van der Waals surface area contributed by atoms with Gasteiger partial charge in [0.2, 0.25) is 0 Å². The normalized spacial score (nSPS) is 21.3. The van der Waals surface area contributed by atoms with Gasteiger partial charge in [-0.25, -0.2) is 4.68 Å². The molecule has 0 atom stereocenters. The highest BCUT2D eigenvalue weighted by molar-refractivity contribution is 6.20. The molecule has 0 radical (unpaired) electrons. The first-order chi connectivity index (χ1) is 14.5. The fourth-order valence-corrected chi connectivity index (χ4v) is 4.33. The van der Waals surface area contributed by atoms with Crippen molar-refractivity contribution in [3.05, 3.63) is 58.9 Å². The van der Waals surface area contributed by atoms with Crippen LogP contribution < -0.4 is 5.32 Å². The molecular weight excluding hydrogens is 374 g/mol. The number of aliphatic hydroxyl groups is 1. The van der Waals surface area contributed by atoms with Crippen molar-refractivity contribution in [3.8, 4) is 5.69 Å². The number of fused-ring (bicyclic) bond motifs is 1. The van der Waals surface area contributed by atoms with Gasteiger partial charge in [-0.3, -0.25) is 4.79 Å². The Morgan fingerprint density at radius 3 is 2.63 bits per heavy atom. The van der Waals surface area contributed by atoms with Crippen molar-refractivity contribution in [1.82, 2.24) is 15.1 Å². The summed E-state index contributed by atoms with van der Waals surface area (Å²) in [6.45, 7) is 4.88.